The molecule has 2 aliphatic heterocycles. The number of aromatic nitrogens is 2. The highest BCUT2D eigenvalue weighted by Gasteiger charge is 2.51. The van der Waals surface area contributed by atoms with Crippen LogP contribution in [0.2, 0.25) is 0 Å². The zero-order chi connectivity index (χ0) is 23.9. The van der Waals surface area contributed by atoms with Crippen molar-refractivity contribution in [1.29, 1.82) is 0 Å². The number of rotatable bonds is 7. The van der Waals surface area contributed by atoms with E-state index in [0.29, 0.717) is 25.0 Å². The van der Waals surface area contributed by atoms with E-state index in [-0.39, 0.29) is 17.0 Å². The normalized spacial score (nSPS) is 25.7. The molecule has 0 amide bonds. The lowest BCUT2D eigenvalue weighted by molar-refractivity contribution is -0.176. The minimum Gasteiger partial charge on any atom is -0.469 e. The second-order valence-corrected chi connectivity index (χ2v) is 10.4. The fourth-order valence-electron chi connectivity index (χ4n) is 5.69. The van der Waals surface area contributed by atoms with Gasteiger partial charge < -0.3 is 19.2 Å². The van der Waals surface area contributed by atoms with Crippen LogP contribution in [0.25, 0.3) is 11.1 Å². The maximum atomic E-state index is 11.8. The number of esters is 1. The summed E-state index contributed by atoms with van der Waals surface area (Å²) in [6.45, 7) is 0.668. The number of methoxy groups -OCH3 is 1. The van der Waals surface area contributed by atoms with Crippen LogP contribution in [-0.4, -0.2) is 35.5 Å². The van der Waals surface area contributed by atoms with E-state index in [9.17, 15) is 4.79 Å². The molecule has 2 saturated carbocycles. The molecule has 2 bridgehead atoms. The van der Waals surface area contributed by atoms with Gasteiger partial charge in [-0.25, -0.2) is 0 Å². The molecule has 4 aliphatic rings. The number of carbonyl (C=O) groups is 1. The molecule has 4 fully saturated rings. The number of benzene rings is 2. The van der Waals surface area contributed by atoms with Gasteiger partial charge in [0.05, 0.1) is 25.7 Å². The molecule has 1 N–H and O–H groups in total. The van der Waals surface area contributed by atoms with Crippen molar-refractivity contribution in [2.45, 2.75) is 68.3 Å². The monoisotopic (exact) mass is 473 g/mol. The summed E-state index contributed by atoms with van der Waals surface area (Å²) in [5, 5.41) is 11.5. The average Bonchev–Trinajstić information content (AvgIpc) is 3.32. The largest absolute Gasteiger partial charge is 0.469 e. The first-order valence-electron chi connectivity index (χ1n) is 12.6. The molecule has 3 aromatic rings. The number of hydrogen-bond donors (Lipinski definition) is 1. The second-order valence-electron chi connectivity index (χ2n) is 10.4. The zero-order valence-corrected chi connectivity index (χ0v) is 20.1. The van der Waals surface area contributed by atoms with Crippen molar-refractivity contribution in [1.82, 2.24) is 10.2 Å². The number of carbonyl (C=O) groups excluding carboxylic acids is 1. The van der Waals surface area contributed by atoms with E-state index in [1.165, 1.54) is 24.7 Å². The highest BCUT2D eigenvalue weighted by atomic mass is 16.5. The molecular formula is C28H31N3O4. The molecule has 182 valence electrons. The Balaban J connectivity index is 1.10. The number of nitrogens with one attached hydrogen (secondary N) is 1. The Morgan fingerprint density at radius 2 is 1.69 bits per heavy atom. The molecule has 2 aromatic carbocycles. The SMILES string of the molecule is COC(=O)CC12CCC(c3ccc(-c4ccc(Nc5nnc(C6CCC6)o5)cc4)cc3)(CC1)CO2. The maximum Gasteiger partial charge on any atom is 0.320 e. The quantitative estimate of drug-likeness (QED) is 0.428. The van der Waals surface area contributed by atoms with Crippen LogP contribution in [-0.2, 0) is 19.7 Å². The molecule has 0 spiro atoms. The summed E-state index contributed by atoms with van der Waals surface area (Å²) in [5.41, 5.74) is 4.29. The molecule has 3 heterocycles. The van der Waals surface area contributed by atoms with E-state index in [4.69, 9.17) is 13.9 Å². The minimum atomic E-state index is -0.329. The van der Waals surface area contributed by atoms with Crippen molar-refractivity contribution in [2.75, 3.05) is 19.0 Å². The van der Waals surface area contributed by atoms with Gasteiger partial charge >= 0.3 is 12.0 Å². The van der Waals surface area contributed by atoms with Crippen molar-refractivity contribution in [3.8, 4) is 11.1 Å². The lowest BCUT2D eigenvalue weighted by Crippen LogP contribution is -2.54. The molecule has 0 atom stereocenters. The number of ether oxygens (including phenoxy) is 2. The van der Waals surface area contributed by atoms with Crippen LogP contribution in [0.4, 0.5) is 11.7 Å². The van der Waals surface area contributed by atoms with Gasteiger partial charge in [-0.15, -0.1) is 5.10 Å². The fraction of sp³-hybridized carbons (Fsp3) is 0.464. The molecule has 2 aliphatic carbocycles. The third-order valence-corrected chi connectivity index (χ3v) is 8.33. The topological polar surface area (TPSA) is 86.5 Å². The Morgan fingerprint density at radius 3 is 2.26 bits per heavy atom. The van der Waals surface area contributed by atoms with E-state index < -0.39 is 0 Å². The molecule has 7 rings (SSSR count). The molecule has 0 radical (unpaired) electrons. The number of anilines is 2. The van der Waals surface area contributed by atoms with Crippen LogP contribution in [0.1, 0.15) is 68.7 Å². The van der Waals surface area contributed by atoms with E-state index in [1.807, 2.05) is 12.1 Å². The van der Waals surface area contributed by atoms with E-state index >= 15 is 0 Å². The zero-order valence-electron chi connectivity index (χ0n) is 20.1. The molecular weight excluding hydrogens is 442 g/mol. The molecule has 2 saturated heterocycles. The predicted molar refractivity (Wildman–Crippen MR) is 132 cm³/mol. The standard InChI is InChI=1S/C28H31N3O4/c1-33-24(32)17-28-15-13-27(14-16-28,18-34-28)22-9-5-19(6-10-22)20-7-11-23(12-8-20)29-26-31-30-25(35-26)21-3-2-4-21/h5-12,21H,2-4,13-18H2,1H3,(H,29,31). The molecule has 1 aromatic heterocycles. The number of nitrogens with zero attached hydrogens (tertiary/aromatic N) is 2. The van der Waals surface area contributed by atoms with Crippen molar-refractivity contribution in [2.24, 2.45) is 0 Å². The van der Waals surface area contributed by atoms with Crippen molar-refractivity contribution in [3.63, 3.8) is 0 Å². The van der Waals surface area contributed by atoms with E-state index in [2.05, 4.69) is 51.9 Å². The van der Waals surface area contributed by atoms with Gasteiger partial charge in [0, 0.05) is 17.0 Å². The Bertz CT molecular complexity index is 1170. The van der Waals surface area contributed by atoms with Gasteiger partial charge in [0.15, 0.2) is 0 Å². The highest BCUT2D eigenvalue weighted by Crippen LogP contribution is 2.51. The molecule has 35 heavy (non-hydrogen) atoms. The molecule has 7 nitrogen and oxygen atoms in total. The third-order valence-electron chi connectivity index (χ3n) is 8.33. The second kappa shape index (κ2) is 8.79. The summed E-state index contributed by atoms with van der Waals surface area (Å²) < 4.78 is 16.9. The summed E-state index contributed by atoms with van der Waals surface area (Å²) in [7, 11) is 1.44. The van der Waals surface area contributed by atoms with Crippen molar-refractivity contribution >= 4 is 17.7 Å². The third kappa shape index (κ3) is 4.22. The van der Waals surface area contributed by atoms with Crippen LogP contribution >= 0.6 is 0 Å². The maximum absolute atomic E-state index is 11.8. The first-order chi connectivity index (χ1) is 17.1. The van der Waals surface area contributed by atoms with Gasteiger partial charge in [-0.2, -0.15) is 0 Å². The first-order valence-corrected chi connectivity index (χ1v) is 12.6. The van der Waals surface area contributed by atoms with Gasteiger partial charge in [0.25, 0.3) is 0 Å². The van der Waals surface area contributed by atoms with Gasteiger partial charge in [-0.1, -0.05) is 47.9 Å². The van der Waals surface area contributed by atoms with E-state index in [1.54, 1.807) is 0 Å². The lowest BCUT2D eigenvalue weighted by Gasteiger charge is -2.53. The first kappa shape index (κ1) is 22.3. The van der Waals surface area contributed by atoms with Gasteiger partial charge in [-0.3, -0.25) is 4.79 Å². The molecule has 7 heteroatoms. The van der Waals surface area contributed by atoms with Crippen LogP contribution in [0.5, 0.6) is 0 Å². The Labute approximate surface area is 205 Å². The van der Waals surface area contributed by atoms with Crippen LogP contribution in [0, 0.1) is 0 Å². The van der Waals surface area contributed by atoms with Gasteiger partial charge in [0.2, 0.25) is 5.89 Å². The summed E-state index contributed by atoms with van der Waals surface area (Å²) in [6.07, 6.45) is 7.77. The number of hydrogen-bond acceptors (Lipinski definition) is 7. The Morgan fingerprint density at radius 1 is 1.00 bits per heavy atom. The van der Waals surface area contributed by atoms with Crippen LogP contribution < -0.4 is 5.32 Å². The summed E-state index contributed by atoms with van der Waals surface area (Å²) in [6, 6.07) is 17.6. The fourth-order valence-corrected chi connectivity index (χ4v) is 5.69. The summed E-state index contributed by atoms with van der Waals surface area (Å²) in [5.74, 6) is 0.991. The van der Waals surface area contributed by atoms with Gasteiger partial charge in [-0.05, 0) is 67.3 Å². The summed E-state index contributed by atoms with van der Waals surface area (Å²) >= 11 is 0. The smallest absolute Gasteiger partial charge is 0.320 e. The lowest BCUT2D eigenvalue weighted by atomic mass is 9.62. The van der Waals surface area contributed by atoms with Crippen molar-refractivity contribution < 1.29 is 18.7 Å². The Hall–Kier alpha value is -3.19. The Kier molecular flexibility index (Phi) is 5.60. The van der Waals surface area contributed by atoms with Crippen LogP contribution in [0.15, 0.2) is 52.9 Å². The van der Waals surface area contributed by atoms with E-state index in [0.717, 1.165) is 55.7 Å². The van der Waals surface area contributed by atoms with Crippen molar-refractivity contribution in [3.05, 3.63) is 60.0 Å². The predicted octanol–water partition coefficient (Wildman–Crippen LogP) is 5.89. The van der Waals surface area contributed by atoms with Gasteiger partial charge in [0.1, 0.15) is 0 Å². The number of fused-ring (bicyclic) bond motifs is 3. The summed E-state index contributed by atoms with van der Waals surface area (Å²) in [4.78, 5) is 11.8. The average molecular weight is 474 g/mol. The highest BCUT2D eigenvalue weighted by molar-refractivity contribution is 5.71. The minimum absolute atomic E-state index is 0.0482. The molecule has 0 unspecified atom stereocenters. The van der Waals surface area contributed by atoms with Crippen LogP contribution in [0.3, 0.4) is 0 Å².